The summed E-state index contributed by atoms with van der Waals surface area (Å²) < 4.78 is 10.1. The van der Waals surface area contributed by atoms with Crippen LogP contribution in [-0.2, 0) is 16.1 Å². The number of carbonyl (C=O) groups excluding carboxylic acids is 2. The maximum Gasteiger partial charge on any atom is 0.291 e. The number of furan rings is 1. The van der Waals surface area contributed by atoms with Gasteiger partial charge in [0, 0.05) is 25.9 Å². The van der Waals surface area contributed by atoms with Gasteiger partial charge < -0.3 is 25.5 Å². The number of ether oxygens (including phenoxy) is 1. The number of anilines is 1. The van der Waals surface area contributed by atoms with Crippen LogP contribution in [0.25, 0.3) is 0 Å². The van der Waals surface area contributed by atoms with E-state index in [1.807, 2.05) is 12.1 Å². The lowest BCUT2D eigenvalue weighted by molar-refractivity contribution is -0.123. The molecule has 2 aromatic rings. The predicted octanol–water partition coefficient (Wildman–Crippen LogP) is 1.51. The summed E-state index contributed by atoms with van der Waals surface area (Å²) in [4.78, 5) is 23.6. The van der Waals surface area contributed by atoms with E-state index >= 15 is 0 Å². The normalized spacial score (nSPS) is 11.8. The number of benzene rings is 1. The van der Waals surface area contributed by atoms with Crippen LogP contribution in [0.1, 0.15) is 22.5 Å². The van der Waals surface area contributed by atoms with Gasteiger partial charge in [-0.2, -0.15) is 0 Å². The summed E-state index contributed by atoms with van der Waals surface area (Å²) in [5.74, 6) is -0.185. The van der Waals surface area contributed by atoms with Crippen molar-refractivity contribution in [3.05, 3.63) is 54.0 Å². The molecule has 0 spiro atoms. The Morgan fingerprint density at radius 1 is 1.25 bits per heavy atom. The molecule has 0 fully saturated rings. The van der Waals surface area contributed by atoms with Crippen molar-refractivity contribution in [2.45, 2.75) is 19.1 Å². The second-order valence-corrected chi connectivity index (χ2v) is 5.20. The van der Waals surface area contributed by atoms with Crippen LogP contribution in [0, 0.1) is 0 Å². The van der Waals surface area contributed by atoms with E-state index in [1.165, 1.54) is 13.4 Å². The molecule has 128 valence electrons. The highest BCUT2D eigenvalue weighted by Gasteiger charge is 2.11. The Bertz CT molecular complexity index is 649. The number of rotatable bonds is 8. The molecule has 0 aliphatic carbocycles. The minimum absolute atomic E-state index is 0.123. The molecule has 1 aromatic carbocycles. The molecule has 7 heteroatoms. The quantitative estimate of drug-likeness (QED) is 0.680. The summed E-state index contributed by atoms with van der Waals surface area (Å²) in [6.45, 7) is 0.695. The van der Waals surface area contributed by atoms with E-state index in [9.17, 15) is 9.59 Å². The summed E-state index contributed by atoms with van der Waals surface area (Å²) in [7, 11) is 1.53. The maximum absolute atomic E-state index is 11.9. The zero-order valence-corrected chi connectivity index (χ0v) is 13.5. The summed E-state index contributed by atoms with van der Waals surface area (Å²) in [6, 6.07) is 10.4. The van der Waals surface area contributed by atoms with Crippen LogP contribution in [0.15, 0.2) is 47.1 Å². The SMILES string of the molecule is COC(CN)CC(=O)NCc1ccc(NC(=O)c2ccco2)cc1. The third-order valence-corrected chi connectivity index (χ3v) is 3.46. The lowest BCUT2D eigenvalue weighted by Gasteiger charge is -2.12. The lowest BCUT2D eigenvalue weighted by atomic mass is 10.2. The molecule has 0 radical (unpaired) electrons. The van der Waals surface area contributed by atoms with Crippen molar-refractivity contribution in [3.63, 3.8) is 0 Å². The molecule has 7 nitrogen and oxygen atoms in total. The van der Waals surface area contributed by atoms with E-state index in [4.69, 9.17) is 14.9 Å². The van der Waals surface area contributed by atoms with Crippen LogP contribution in [0.3, 0.4) is 0 Å². The molecule has 1 heterocycles. The van der Waals surface area contributed by atoms with Crippen molar-refractivity contribution in [2.75, 3.05) is 19.0 Å². The fourth-order valence-electron chi connectivity index (χ4n) is 2.05. The van der Waals surface area contributed by atoms with E-state index in [1.54, 1.807) is 24.3 Å². The van der Waals surface area contributed by atoms with Gasteiger partial charge in [-0.25, -0.2) is 0 Å². The number of carbonyl (C=O) groups is 2. The topological polar surface area (TPSA) is 107 Å². The van der Waals surface area contributed by atoms with Gasteiger partial charge >= 0.3 is 0 Å². The van der Waals surface area contributed by atoms with Gasteiger partial charge in [-0.1, -0.05) is 12.1 Å². The van der Waals surface area contributed by atoms with Crippen LogP contribution in [0.5, 0.6) is 0 Å². The minimum atomic E-state index is -0.312. The summed E-state index contributed by atoms with van der Waals surface area (Å²) in [5, 5.41) is 5.53. The number of methoxy groups -OCH3 is 1. The summed E-state index contributed by atoms with van der Waals surface area (Å²) in [5.41, 5.74) is 7.05. The highest BCUT2D eigenvalue weighted by atomic mass is 16.5. The van der Waals surface area contributed by atoms with Gasteiger partial charge in [0.25, 0.3) is 5.91 Å². The minimum Gasteiger partial charge on any atom is -0.459 e. The van der Waals surface area contributed by atoms with Crippen LogP contribution >= 0.6 is 0 Å². The van der Waals surface area contributed by atoms with Crippen LogP contribution < -0.4 is 16.4 Å². The summed E-state index contributed by atoms with van der Waals surface area (Å²) >= 11 is 0. The molecule has 0 saturated carbocycles. The van der Waals surface area contributed by atoms with Gasteiger partial charge in [-0.15, -0.1) is 0 Å². The second kappa shape index (κ2) is 8.85. The van der Waals surface area contributed by atoms with E-state index < -0.39 is 0 Å². The van der Waals surface area contributed by atoms with E-state index in [2.05, 4.69) is 10.6 Å². The van der Waals surface area contributed by atoms with Crippen molar-refractivity contribution >= 4 is 17.5 Å². The molecule has 1 unspecified atom stereocenters. The zero-order chi connectivity index (χ0) is 17.4. The molecule has 2 amide bonds. The predicted molar refractivity (Wildman–Crippen MR) is 89.4 cm³/mol. The van der Waals surface area contributed by atoms with E-state index in [-0.39, 0.29) is 30.1 Å². The second-order valence-electron chi connectivity index (χ2n) is 5.20. The zero-order valence-electron chi connectivity index (χ0n) is 13.5. The number of nitrogens with one attached hydrogen (secondary N) is 2. The van der Waals surface area contributed by atoms with Crippen LogP contribution in [0.2, 0.25) is 0 Å². The standard InChI is InChI=1S/C17H21N3O4/c1-23-14(10-18)9-16(21)19-11-12-4-6-13(7-5-12)20-17(22)15-3-2-8-24-15/h2-8,14H,9-11,18H2,1H3,(H,19,21)(H,20,22). The molecule has 0 bridgehead atoms. The fourth-order valence-corrected chi connectivity index (χ4v) is 2.05. The summed E-state index contributed by atoms with van der Waals surface area (Å²) in [6.07, 6.45) is 1.40. The van der Waals surface area contributed by atoms with Crippen molar-refractivity contribution in [2.24, 2.45) is 5.73 Å². The first kappa shape index (κ1) is 17.7. The molecule has 2 rings (SSSR count). The molecule has 0 aliphatic heterocycles. The number of hydrogen-bond acceptors (Lipinski definition) is 5. The van der Waals surface area contributed by atoms with Gasteiger partial charge in [0.15, 0.2) is 5.76 Å². The fraction of sp³-hybridized carbons (Fsp3) is 0.294. The van der Waals surface area contributed by atoms with Crippen LogP contribution in [-0.4, -0.2) is 31.6 Å². The Morgan fingerprint density at radius 2 is 2.00 bits per heavy atom. The van der Waals surface area contributed by atoms with Gasteiger partial charge in [0.1, 0.15) is 0 Å². The molecule has 1 aromatic heterocycles. The van der Waals surface area contributed by atoms with Crippen LogP contribution in [0.4, 0.5) is 5.69 Å². The van der Waals surface area contributed by atoms with Gasteiger partial charge in [-0.3, -0.25) is 9.59 Å². The van der Waals surface area contributed by atoms with Crippen molar-refractivity contribution in [1.82, 2.24) is 5.32 Å². The average Bonchev–Trinajstić information content (AvgIpc) is 3.14. The van der Waals surface area contributed by atoms with Gasteiger partial charge in [-0.05, 0) is 29.8 Å². The molecular formula is C17H21N3O4. The number of nitrogens with two attached hydrogens (primary N) is 1. The monoisotopic (exact) mass is 331 g/mol. The molecule has 24 heavy (non-hydrogen) atoms. The smallest absolute Gasteiger partial charge is 0.291 e. The first-order valence-corrected chi connectivity index (χ1v) is 7.55. The van der Waals surface area contributed by atoms with E-state index in [0.717, 1.165) is 5.56 Å². The third kappa shape index (κ3) is 5.22. The Balaban J connectivity index is 1.81. The van der Waals surface area contributed by atoms with Gasteiger partial charge in [0.2, 0.25) is 5.91 Å². The van der Waals surface area contributed by atoms with Crippen molar-refractivity contribution in [3.8, 4) is 0 Å². The lowest BCUT2D eigenvalue weighted by Crippen LogP contribution is -2.31. The highest BCUT2D eigenvalue weighted by molar-refractivity contribution is 6.02. The Hall–Kier alpha value is -2.64. The molecule has 4 N–H and O–H groups in total. The first-order chi connectivity index (χ1) is 11.6. The maximum atomic E-state index is 11.9. The number of hydrogen-bond donors (Lipinski definition) is 3. The molecule has 1 atom stereocenters. The number of amides is 2. The molecular weight excluding hydrogens is 310 g/mol. The molecule has 0 aliphatic rings. The van der Waals surface area contributed by atoms with Crippen molar-refractivity contribution in [1.29, 1.82) is 0 Å². The Labute approximate surface area is 140 Å². The average molecular weight is 331 g/mol. The third-order valence-electron chi connectivity index (χ3n) is 3.46. The highest BCUT2D eigenvalue weighted by Crippen LogP contribution is 2.12. The largest absolute Gasteiger partial charge is 0.459 e. The van der Waals surface area contributed by atoms with Gasteiger partial charge in [0.05, 0.1) is 18.8 Å². The van der Waals surface area contributed by atoms with Crippen molar-refractivity contribution < 1.29 is 18.7 Å². The Morgan fingerprint density at radius 3 is 2.58 bits per heavy atom. The Kier molecular flexibility index (Phi) is 6.53. The molecule has 0 saturated heterocycles. The van der Waals surface area contributed by atoms with E-state index in [0.29, 0.717) is 18.8 Å². The first-order valence-electron chi connectivity index (χ1n) is 7.55.